The quantitative estimate of drug-likeness (QED) is 0.842. The molecule has 0 radical (unpaired) electrons. The average Bonchev–Trinajstić information content (AvgIpc) is 2.95. The number of hydrogen-bond acceptors (Lipinski definition) is 2. The second-order valence-electron chi connectivity index (χ2n) is 4.70. The Morgan fingerprint density at radius 3 is 2.75 bits per heavy atom. The molecule has 2 fully saturated rings. The van der Waals surface area contributed by atoms with Gasteiger partial charge in [-0.3, -0.25) is 9.59 Å². The van der Waals surface area contributed by atoms with Crippen molar-refractivity contribution in [3.8, 4) is 0 Å². The molecule has 1 unspecified atom stereocenters. The maximum absolute atomic E-state index is 12.3. The molecule has 1 atom stereocenters. The van der Waals surface area contributed by atoms with Crippen LogP contribution < -0.4 is 5.32 Å². The van der Waals surface area contributed by atoms with Crippen LogP contribution in [0.3, 0.4) is 0 Å². The minimum Gasteiger partial charge on any atom is -0.340 e. The van der Waals surface area contributed by atoms with Crippen LogP contribution in [0.4, 0.5) is 0 Å². The molecule has 4 nitrogen and oxygen atoms in total. The fraction of sp³-hybridized carbons (Fsp3) is 0.636. The summed E-state index contributed by atoms with van der Waals surface area (Å²) in [5, 5.41) is 2.83. The van der Waals surface area contributed by atoms with E-state index in [1.807, 2.05) is 6.92 Å². The molecular weight excluding hydrogens is 272 g/mol. The number of piperazine rings is 1. The van der Waals surface area contributed by atoms with E-state index in [-0.39, 0.29) is 18.4 Å². The molecule has 2 aliphatic rings. The molecular formula is C11H15BrN2O2. The van der Waals surface area contributed by atoms with Gasteiger partial charge in [-0.15, -0.1) is 0 Å². The van der Waals surface area contributed by atoms with Crippen molar-refractivity contribution in [1.29, 1.82) is 0 Å². The third kappa shape index (κ3) is 2.00. The molecule has 0 spiro atoms. The van der Waals surface area contributed by atoms with Crippen molar-refractivity contribution in [3.63, 3.8) is 0 Å². The maximum Gasteiger partial charge on any atom is 0.249 e. The Balaban J connectivity index is 2.18. The Hall–Kier alpha value is -0.840. The van der Waals surface area contributed by atoms with Gasteiger partial charge in [0.05, 0.1) is 13.1 Å². The molecule has 0 aromatic carbocycles. The van der Waals surface area contributed by atoms with Gasteiger partial charge in [-0.2, -0.15) is 0 Å². The van der Waals surface area contributed by atoms with E-state index >= 15 is 0 Å². The van der Waals surface area contributed by atoms with Gasteiger partial charge in [0.2, 0.25) is 11.8 Å². The molecule has 1 saturated heterocycles. The van der Waals surface area contributed by atoms with E-state index in [4.69, 9.17) is 0 Å². The van der Waals surface area contributed by atoms with E-state index in [0.29, 0.717) is 16.9 Å². The van der Waals surface area contributed by atoms with Gasteiger partial charge in [-0.25, -0.2) is 0 Å². The van der Waals surface area contributed by atoms with Crippen molar-refractivity contribution in [3.05, 3.63) is 11.1 Å². The first-order valence-electron chi connectivity index (χ1n) is 5.37. The highest BCUT2D eigenvalue weighted by Crippen LogP contribution is 2.41. The zero-order valence-electron chi connectivity index (χ0n) is 9.25. The number of hydrogen-bond donors (Lipinski definition) is 1. The first kappa shape index (κ1) is 11.6. The zero-order valence-corrected chi connectivity index (χ0v) is 10.8. The highest BCUT2D eigenvalue weighted by molar-refractivity contribution is 9.11. The van der Waals surface area contributed by atoms with Crippen molar-refractivity contribution in [1.82, 2.24) is 10.2 Å². The summed E-state index contributed by atoms with van der Waals surface area (Å²) < 4.78 is 0.716. The predicted molar refractivity (Wildman–Crippen MR) is 63.9 cm³/mol. The lowest BCUT2D eigenvalue weighted by molar-refractivity contribution is -0.149. The molecule has 0 bridgehead atoms. The monoisotopic (exact) mass is 286 g/mol. The van der Waals surface area contributed by atoms with E-state index in [2.05, 4.69) is 27.8 Å². The van der Waals surface area contributed by atoms with Gasteiger partial charge in [0.15, 0.2) is 0 Å². The maximum atomic E-state index is 12.3. The lowest BCUT2D eigenvalue weighted by atomic mass is 9.91. The highest BCUT2D eigenvalue weighted by Gasteiger charge is 2.52. The molecule has 88 valence electrons. The van der Waals surface area contributed by atoms with Gasteiger partial charge < -0.3 is 10.2 Å². The number of carbonyl (C=O) groups excluding carboxylic acids is 2. The molecule has 2 rings (SSSR count). The minimum absolute atomic E-state index is 0.00944. The average molecular weight is 287 g/mol. The molecule has 1 saturated carbocycles. The summed E-state index contributed by atoms with van der Waals surface area (Å²) >= 11 is 3.23. The van der Waals surface area contributed by atoms with Gasteiger partial charge in [0, 0.05) is 4.48 Å². The largest absolute Gasteiger partial charge is 0.340 e. The van der Waals surface area contributed by atoms with E-state index in [1.165, 1.54) is 0 Å². The summed E-state index contributed by atoms with van der Waals surface area (Å²) in [5.74, 6) is 0.230. The minimum atomic E-state index is -0.697. The molecule has 1 aliphatic carbocycles. The number of rotatable bonds is 3. The topological polar surface area (TPSA) is 49.4 Å². The van der Waals surface area contributed by atoms with Gasteiger partial charge >= 0.3 is 0 Å². The second-order valence-corrected chi connectivity index (χ2v) is 5.82. The second kappa shape index (κ2) is 3.87. The Morgan fingerprint density at radius 1 is 1.62 bits per heavy atom. The van der Waals surface area contributed by atoms with Crippen LogP contribution >= 0.6 is 15.9 Å². The van der Waals surface area contributed by atoms with Crippen molar-refractivity contribution in [2.75, 3.05) is 13.1 Å². The number of halogens is 1. The van der Waals surface area contributed by atoms with Crippen molar-refractivity contribution < 1.29 is 9.59 Å². The van der Waals surface area contributed by atoms with Crippen LogP contribution in [0, 0.1) is 5.92 Å². The number of nitrogens with zero attached hydrogens (tertiary/aromatic N) is 1. The van der Waals surface area contributed by atoms with Crippen LogP contribution in [0.25, 0.3) is 0 Å². The third-order valence-corrected chi connectivity index (χ3v) is 3.47. The molecule has 1 N–H and O–H groups in total. The molecule has 5 heteroatoms. The Bertz CT molecular complexity index is 363. The molecule has 1 heterocycles. The van der Waals surface area contributed by atoms with Crippen LogP contribution in [0.15, 0.2) is 11.1 Å². The van der Waals surface area contributed by atoms with Gasteiger partial charge in [0.1, 0.15) is 5.54 Å². The first-order valence-corrected chi connectivity index (χ1v) is 6.16. The lowest BCUT2D eigenvalue weighted by Crippen LogP contribution is -2.66. The Labute approximate surface area is 103 Å². The smallest absolute Gasteiger partial charge is 0.249 e. The van der Waals surface area contributed by atoms with Gasteiger partial charge in [-0.1, -0.05) is 22.5 Å². The van der Waals surface area contributed by atoms with Gasteiger partial charge in [-0.05, 0) is 25.7 Å². The number of nitrogens with one attached hydrogen (secondary N) is 1. The van der Waals surface area contributed by atoms with Gasteiger partial charge in [0.25, 0.3) is 0 Å². The van der Waals surface area contributed by atoms with Crippen LogP contribution in [-0.4, -0.2) is 35.3 Å². The number of amides is 2. The third-order valence-electron chi connectivity index (χ3n) is 3.22. The van der Waals surface area contributed by atoms with Crippen LogP contribution in [-0.2, 0) is 9.59 Å². The summed E-state index contributed by atoms with van der Waals surface area (Å²) in [5.41, 5.74) is -0.697. The fourth-order valence-corrected chi connectivity index (χ4v) is 2.53. The standard InChI is InChI=1S/C11H15BrN2O2/c1-7(12)5-14-6-9(15)13-11(2,10(14)16)8-3-4-8/h8H,1,3-6H2,2H3,(H,13,15). The summed E-state index contributed by atoms with van der Waals surface area (Å²) in [6, 6.07) is 0. The molecule has 1 aliphatic heterocycles. The predicted octanol–water partition coefficient (Wildman–Crippen LogP) is 1.02. The van der Waals surface area contributed by atoms with Crippen molar-refractivity contribution >= 4 is 27.7 Å². The number of carbonyl (C=O) groups is 2. The summed E-state index contributed by atoms with van der Waals surface area (Å²) in [6.07, 6.45) is 2.04. The van der Waals surface area contributed by atoms with Crippen LogP contribution in [0.5, 0.6) is 0 Å². The SMILES string of the molecule is C=C(Br)CN1CC(=O)NC(C)(C2CC2)C1=O. The summed E-state index contributed by atoms with van der Waals surface area (Å²) in [6.45, 7) is 6.06. The van der Waals surface area contributed by atoms with E-state index in [1.54, 1.807) is 4.90 Å². The molecule has 16 heavy (non-hydrogen) atoms. The normalized spacial score (nSPS) is 30.2. The molecule has 0 aromatic rings. The van der Waals surface area contributed by atoms with E-state index in [0.717, 1.165) is 12.8 Å². The molecule has 2 amide bonds. The Morgan fingerprint density at radius 2 is 2.25 bits per heavy atom. The summed E-state index contributed by atoms with van der Waals surface area (Å²) in [7, 11) is 0. The molecule has 0 aromatic heterocycles. The Kier molecular flexibility index (Phi) is 2.82. The van der Waals surface area contributed by atoms with Crippen molar-refractivity contribution in [2.24, 2.45) is 5.92 Å². The van der Waals surface area contributed by atoms with Crippen molar-refractivity contribution in [2.45, 2.75) is 25.3 Å². The summed E-state index contributed by atoms with van der Waals surface area (Å²) in [4.78, 5) is 25.4. The fourth-order valence-electron chi connectivity index (χ4n) is 2.23. The zero-order chi connectivity index (χ0) is 11.9. The highest BCUT2D eigenvalue weighted by atomic mass is 79.9. The van der Waals surface area contributed by atoms with Crippen LogP contribution in [0.1, 0.15) is 19.8 Å². The van der Waals surface area contributed by atoms with E-state index in [9.17, 15) is 9.59 Å². The van der Waals surface area contributed by atoms with E-state index < -0.39 is 5.54 Å². The lowest BCUT2D eigenvalue weighted by Gasteiger charge is -2.40. The van der Waals surface area contributed by atoms with Crippen LogP contribution in [0.2, 0.25) is 0 Å². The first-order chi connectivity index (χ1) is 7.43.